The molecule has 230 valence electrons. The summed E-state index contributed by atoms with van der Waals surface area (Å²) < 4.78 is 6.84. The lowest BCUT2D eigenvalue weighted by atomic mass is 10.0. The van der Waals surface area contributed by atoms with Crippen LogP contribution in [-0.2, 0) is 36.8 Å². The minimum absolute atomic E-state index is 0.0339. The highest BCUT2D eigenvalue weighted by Gasteiger charge is 2.55. The molecule has 0 bridgehead atoms. The predicted octanol–water partition coefficient (Wildman–Crippen LogP) is 5.50. The van der Waals surface area contributed by atoms with E-state index in [1.54, 1.807) is 5.38 Å². The van der Waals surface area contributed by atoms with E-state index in [0.29, 0.717) is 27.1 Å². The van der Waals surface area contributed by atoms with Crippen LogP contribution in [0.3, 0.4) is 0 Å². The Morgan fingerprint density at radius 2 is 1.76 bits per heavy atom. The number of rotatable bonds is 12. The second-order valence-corrected chi connectivity index (χ2v) is 14.3. The van der Waals surface area contributed by atoms with Gasteiger partial charge in [0.05, 0.1) is 18.5 Å². The van der Waals surface area contributed by atoms with Crippen LogP contribution < -0.4 is 5.32 Å². The topological polar surface area (TPSA) is 126 Å². The number of nitrogens with one attached hydrogen (secondary N) is 1. The third-order valence-electron chi connectivity index (χ3n) is 7.15. The Hall–Kier alpha value is -3.91. The number of aryl methyl sites for hydroxylation is 1. The number of benzene rings is 2. The van der Waals surface area contributed by atoms with Gasteiger partial charge in [0, 0.05) is 22.5 Å². The summed E-state index contributed by atoms with van der Waals surface area (Å²) in [4.78, 5) is 58.2. The molecule has 0 saturated carbocycles. The smallest absolute Gasteiger partial charge is 0.356 e. The Labute approximate surface area is 275 Å². The van der Waals surface area contributed by atoms with Gasteiger partial charge in [-0.25, -0.2) is 9.78 Å². The number of aromatic nitrogens is 1. The van der Waals surface area contributed by atoms with E-state index in [9.17, 15) is 19.2 Å². The van der Waals surface area contributed by atoms with Crippen molar-refractivity contribution in [3.05, 3.63) is 116 Å². The summed E-state index contributed by atoms with van der Waals surface area (Å²) >= 11 is 5.59. The normalized spacial score (nSPS) is 17.5. The maximum Gasteiger partial charge on any atom is 0.356 e. The van der Waals surface area contributed by atoms with Crippen LogP contribution in [0.1, 0.15) is 34.9 Å². The highest BCUT2D eigenvalue weighted by atomic mass is 32.2. The molecule has 0 aliphatic carbocycles. The molecule has 0 radical (unpaired) electrons. The average Bonchev–Trinajstić information content (AvgIpc) is 3.74. The summed E-state index contributed by atoms with van der Waals surface area (Å²) in [6.07, 6.45) is -0.287. The SMILES string of the molecule is O=C(O)CCc1csc(SC2=C(C(=O)OC(c3ccccc3)c3ccccc3)N3C(=O)[C@@H](NC(=O)Cc4ccsc4)[C@@H]3SC2)n1. The summed E-state index contributed by atoms with van der Waals surface area (Å²) in [6.45, 7) is 0. The first-order chi connectivity index (χ1) is 21.9. The minimum atomic E-state index is -0.903. The first-order valence-corrected chi connectivity index (χ1v) is 17.7. The molecule has 0 spiro atoms. The third kappa shape index (κ3) is 7.17. The van der Waals surface area contributed by atoms with Crippen molar-refractivity contribution in [3.63, 3.8) is 0 Å². The molecule has 1 saturated heterocycles. The number of amides is 2. The number of ether oxygens (including phenoxy) is 1. The zero-order valence-electron chi connectivity index (χ0n) is 23.7. The van der Waals surface area contributed by atoms with Crippen molar-refractivity contribution in [2.24, 2.45) is 0 Å². The monoisotopic (exact) mass is 677 g/mol. The van der Waals surface area contributed by atoms with Gasteiger partial charge >= 0.3 is 11.9 Å². The maximum absolute atomic E-state index is 14.1. The van der Waals surface area contributed by atoms with Crippen molar-refractivity contribution >= 4 is 70.0 Å². The van der Waals surface area contributed by atoms with Crippen molar-refractivity contribution in [3.8, 4) is 0 Å². The van der Waals surface area contributed by atoms with E-state index < -0.39 is 29.5 Å². The van der Waals surface area contributed by atoms with Gasteiger partial charge in [0.15, 0.2) is 10.4 Å². The second-order valence-electron chi connectivity index (χ2n) is 10.2. The predicted molar refractivity (Wildman–Crippen MR) is 175 cm³/mol. The molecule has 2 aliphatic rings. The summed E-state index contributed by atoms with van der Waals surface area (Å²) in [5.41, 5.74) is 3.23. The standard InChI is InChI=1S/C32H27N3O6S4/c36-24(15-19-13-14-42-16-19)34-26-29(39)35-27(23(18-43-30(26)35)45-32-33-22(17-44-32)11-12-25(37)38)31(40)41-28(20-7-3-1-4-8-20)21-9-5-2-6-10-21/h1-10,13-14,16-17,26,28,30H,11-12,15,18H2,(H,34,36)(H,37,38)/t26-,30+/m1/s1. The zero-order valence-corrected chi connectivity index (χ0v) is 26.9. The Bertz CT molecular complexity index is 1690. The number of carboxylic acid groups (broad SMARTS) is 1. The number of carbonyl (C=O) groups is 4. The number of thiophene rings is 1. The Balaban J connectivity index is 1.28. The molecular formula is C32H27N3O6S4. The van der Waals surface area contributed by atoms with Gasteiger partial charge in [-0.2, -0.15) is 11.3 Å². The summed E-state index contributed by atoms with van der Waals surface area (Å²) in [7, 11) is 0. The van der Waals surface area contributed by atoms with Crippen LogP contribution in [0.15, 0.2) is 97.8 Å². The molecule has 6 rings (SSSR count). The molecule has 0 unspecified atom stereocenters. The molecule has 2 atom stereocenters. The number of thioether (sulfide) groups is 2. The minimum Gasteiger partial charge on any atom is -0.481 e. The van der Waals surface area contributed by atoms with Crippen LogP contribution >= 0.6 is 46.2 Å². The van der Waals surface area contributed by atoms with E-state index in [0.717, 1.165) is 16.7 Å². The molecule has 9 nitrogen and oxygen atoms in total. The summed E-state index contributed by atoms with van der Waals surface area (Å²) in [6, 6.07) is 19.9. The van der Waals surface area contributed by atoms with Crippen LogP contribution in [0.2, 0.25) is 0 Å². The number of hydrogen-bond donors (Lipinski definition) is 2. The van der Waals surface area contributed by atoms with Crippen molar-refractivity contribution in [2.45, 2.75) is 41.1 Å². The van der Waals surface area contributed by atoms with E-state index in [2.05, 4.69) is 10.3 Å². The van der Waals surface area contributed by atoms with Crippen molar-refractivity contribution in [1.29, 1.82) is 0 Å². The number of aliphatic carboxylic acids is 1. The van der Waals surface area contributed by atoms with Crippen LogP contribution in [-0.4, -0.2) is 55.9 Å². The summed E-state index contributed by atoms with van der Waals surface area (Å²) in [5.74, 6) is -1.80. The van der Waals surface area contributed by atoms with Gasteiger partial charge in [-0.05, 0) is 33.5 Å². The van der Waals surface area contributed by atoms with Crippen LogP contribution in [0, 0.1) is 0 Å². The molecule has 2 aromatic heterocycles. The van der Waals surface area contributed by atoms with Gasteiger partial charge in [0.2, 0.25) is 5.91 Å². The van der Waals surface area contributed by atoms with Gasteiger partial charge < -0.3 is 15.2 Å². The second kappa shape index (κ2) is 14.0. The Morgan fingerprint density at radius 3 is 2.40 bits per heavy atom. The lowest BCUT2D eigenvalue weighted by molar-refractivity contribution is -0.154. The van der Waals surface area contributed by atoms with Crippen LogP contribution in [0.4, 0.5) is 0 Å². The van der Waals surface area contributed by atoms with Crippen molar-refractivity contribution < 1.29 is 29.0 Å². The van der Waals surface area contributed by atoms with E-state index in [1.807, 2.05) is 77.5 Å². The molecule has 1 fully saturated rings. The van der Waals surface area contributed by atoms with Gasteiger partial charge in [-0.1, -0.05) is 72.4 Å². The van der Waals surface area contributed by atoms with Gasteiger partial charge in [-0.15, -0.1) is 23.1 Å². The number of esters is 1. The van der Waals surface area contributed by atoms with Gasteiger partial charge in [0.25, 0.3) is 5.91 Å². The fourth-order valence-electron chi connectivity index (χ4n) is 5.00. The molecule has 13 heteroatoms. The van der Waals surface area contributed by atoms with Crippen LogP contribution in [0.25, 0.3) is 0 Å². The number of β-lactam (4-membered cyclic amide) rings is 1. The van der Waals surface area contributed by atoms with E-state index in [1.165, 1.54) is 51.1 Å². The highest BCUT2D eigenvalue weighted by Crippen LogP contribution is 2.46. The third-order valence-corrected chi connectivity index (χ3v) is 11.4. The average molecular weight is 678 g/mol. The van der Waals surface area contributed by atoms with Crippen molar-refractivity contribution in [1.82, 2.24) is 15.2 Å². The first-order valence-electron chi connectivity index (χ1n) is 14.0. The van der Waals surface area contributed by atoms with E-state index in [4.69, 9.17) is 9.84 Å². The molecule has 2 N–H and O–H groups in total. The van der Waals surface area contributed by atoms with Gasteiger partial charge in [-0.3, -0.25) is 19.3 Å². The Kier molecular flexibility index (Phi) is 9.69. The molecule has 4 heterocycles. The number of carboxylic acids is 1. The zero-order chi connectivity index (χ0) is 31.3. The fraction of sp³-hybridized carbons (Fsp3) is 0.219. The molecule has 2 aromatic carbocycles. The fourth-order valence-corrected chi connectivity index (χ4v) is 9.17. The first kappa shape index (κ1) is 31.1. The number of hydrogen-bond acceptors (Lipinski definition) is 10. The van der Waals surface area contributed by atoms with E-state index in [-0.39, 0.29) is 30.4 Å². The van der Waals surface area contributed by atoms with Crippen molar-refractivity contribution in [2.75, 3.05) is 5.75 Å². The molecule has 2 aliphatic heterocycles. The molecular weight excluding hydrogens is 651 g/mol. The largest absolute Gasteiger partial charge is 0.481 e. The van der Waals surface area contributed by atoms with E-state index >= 15 is 0 Å². The lowest BCUT2D eigenvalue weighted by Gasteiger charge is -2.49. The summed E-state index contributed by atoms with van der Waals surface area (Å²) in [5, 5.41) is 17.0. The maximum atomic E-state index is 14.1. The van der Waals surface area contributed by atoms with Crippen LogP contribution in [0.5, 0.6) is 0 Å². The lowest BCUT2D eigenvalue weighted by Crippen LogP contribution is -2.70. The molecule has 45 heavy (non-hydrogen) atoms. The Morgan fingerprint density at radius 1 is 1.04 bits per heavy atom. The molecule has 4 aromatic rings. The number of carbonyl (C=O) groups excluding carboxylic acids is 3. The highest BCUT2D eigenvalue weighted by molar-refractivity contribution is 8.07. The number of nitrogens with zero attached hydrogens (tertiary/aromatic N) is 2. The quantitative estimate of drug-likeness (QED) is 0.148. The number of thiazole rings is 1. The van der Waals surface area contributed by atoms with Gasteiger partial charge in [0.1, 0.15) is 17.1 Å². The molecule has 2 amide bonds. The number of fused-ring (bicyclic) bond motifs is 1.